The zero-order chi connectivity index (χ0) is 20.0. The number of anilines is 1. The van der Waals surface area contributed by atoms with E-state index >= 15 is 0 Å². The molecule has 3 N–H and O–H groups in total. The molecule has 0 aliphatic rings. The Hall–Kier alpha value is -2.98. The van der Waals surface area contributed by atoms with Crippen LogP contribution in [0.3, 0.4) is 0 Å². The number of benzene rings is 2. The highest BCUT2D eigenvalue weighted by Crippen LogP contribution is 2.14. The van der Waals surface area contributed by atoms with Crippen molar-refractivity contribution in [1.82, 2.24) is 0 Å². The van der Waals surface area contributed by atoms with Gasteiger partial charge in [-0.1, -0.05) is 6.07 Å². The fraction of sp³-hybridized carbons (Fsp3) is 0.176. The van der Waals surface area contributed by atoms with Crippen molar-refractivity contribution in [2.45, 2.75) is 17.9 Å². The molecule has 0 spiro atoms. The predicted octanol–water partition coefficient (Wildman–Crippen LogP) is 1.42. The highest BCUT2D eigenvalue weighted by molar-refractivity contribution is 7.89. The summed E-state index contributed by atoms with van der Waals surface area (Å²) < 4.78 is 45.4. The van der Waals surface area contributed by atoms with Gasteiger partial charge in [0.05, 0.1) is 4.90 Å². The standard InChI is InChI=1S/C17H17FN2O6S/c1-11(26-16(21)10-25-14-4-2-3-12(18)9-14)17(22)20-13-5-7-15(8-6-13)27(19,23)24/h2-9,11H,10H2,1H3,(H,20,22)(H2,19,23,24)/t11-/m1/s1. The number of nitrogens with one attached hydrogen (secondary N) is 1. The second-order valence-electron chi connectivity index (χ2n) is 5.44. The molecule has 0 bridgehead atoms. The van der Waals surface area contributed by atoms with E-state index in [1.54, 1.807) is 0 Å². The van der Waals surface area contributed by atoms with Gasteiger partial charge >= 0.3 is 5.97 Å². The molecule has 0 saturated heterocycles. The van der Waals surface area contributed by atoms with Gasteiger partial charge in [0.15, 0.2) is 12.7 Å². The summed E-state index contributed by atoms with van der Waals surface area (Å²) in [6.45, 7) is 0.859. The molecule has 1 amide bonds. The lowest BCUT2D eigenvalue weighted by Gasteiger charge is -2.14. The van der Waals surface area contributed by atoms with Crippen LogP contribution in [0.1, 0.15) is 6.92 Å². The molecule has 2 aromatic rings. The molecule has 1 atom stereocenters. The first-order valence-corrected chi connectivity index (χ1v) is 9.21. The molecule has 0 aliphatic heterocycles. The Bertz CT molecular complexity index is 931. The van der Waals surface area contributed by atoms with E-state index in [1.165, 1.54) is 49.4 Å². The van der Waals surface area contributed by atoms with Crippen LogP contribution in [-0.4, -0.2) is 33.0 Å². The van der Waals surface area contributed by atoms with Crippen LogP contribution in [0.2, 0.25) is 0 Å². The van der Waals surface area contributed by atoms with Gasteiger partial charge in [-0.2, -0.15) is 0 Å². The zero-order valence-electron chi connectivity index (χ0n) is 14.2. The van der Waals surface area contributed by atoms with Gasteiger partial charge in [-0.05, 0) is 43.3 Å². The molecule has 2 aromatic carbocycles. The third kappa shape index (κ3) is 6.35. The second kappa shape index (κ2) is 8.60. The summed E-state index contributed by atoms with van der Waals surface area (Å²) in [6, 6.07) is 10.4. The normalized spacial score (nSPS) is 12.1. The maximum absolute atomic E-state index is 13.0. The van der Waals surface area contributed by atoms with Crippen LogP contribution in [0.15, 0.2) is 53.4 Å². The summed E-state index contributed by atoms with van der Waals surface area (Å²) in [6.07, 6.45) is -1.13. The van der Waals surface area contributed by atoms with E-state index in [1.807, 2.05) is 0 Å². The topological polar surface area (TPSA) is 125 Å². The molecular weight excluding hydrogens is 379 g/mol. The van der Waals surface area contributed by atoms with E-state index in [0.717, 1.165) is 6.07 Å². The lowest BCUT2D eigenvalue weighted by molar-refractivity contribution is -0.155. The number of hydrogen-bond donors (Lipinski definition) is 2. The summed E-state index contributed by atoms with van der Waals surface area (Å²) in [5, 5.41) is 7.45. The van der Waals surface area contributed by atoms with Crippen molar-refractivity contribution in [1.29, 1.82) is 0 Å². The summed E-state index contributed by atoms with van der Waals surface area (Å²) in [7, 11) is -3.83. The van der Waals surface area contributed by atoms with E-state index < -0.39 is 40.4 Å². The summed E-state index contributed by atoms with van der Waals surface area (Å²) >= 11 is 0. The quantitative estimate of drug-likeness (QED) is 0.682. The minimum Gasteiger partial charge on any atom is -0.482 e. The first kappa shape index (κ1) is 20.3. The minimum atomic E-state index is -3.83. The molecule has 8 nitrogen and oxygen atoms in total. The number of halogens is 1. The summed E-state index contributed by atoms with van der Waals surface area (Å²) in [4.78, 5) is 23.6. The lowest BCUT2D eigenvalue weighted by Crippen LogP contribution is -2.31. The number of rotatable bonds is 7. The van der Waals surface area contributed by atoms with Crippen LogP contribution in [0.5, 0.6) is 5.75 Å². The molecule has 2 rings (SSSR count). The number of esters is 1. The largest absolute Gasteiger partial charge is 0.482 e. The van der Waals surface area contributed by atoms with Crippen LogP contribution in [0.25, 0.3) is 0 Å². The van der Waals surface area contributed by atoms with Gasteiger partial charge in [0.25, 0.3) is 5.91 Å². The number of amides is 1. The third-order valence-corrected chi connectivity index (χ3v) is 4.21. The number of hydrogen-bond acceptors (Lipinski definition) is 6. The monoisotopic (exact) mass is 396 g/mol. The van der Waals surface area contributed by atoms with E-state index in [2.05, 4.69) is 5.32 Å². The molecule has 0 unspecified atom stereocenters. The maximum atomic E-state index is 13.0. The zero-order valence-corrected chi connectivity index (χ0v) is 15.0. The number of carbonyl (C=O) groups is 2. The molecule has 27 heavy (non-hydrogen) atoms. The average Bonchev–Trinajstić information content (AvgIpc) is 2.59. The smallest absolute Gasteiger partial charge is 0.344 e. The van der Waals surface area contributed by atoms with Crippen molar-refractivity contribution < 1.29 is 31.9 Å². The van der Waals surface area contributed by atoms with Crippen molar-refractivity contribution in [3.63, 3.8) is 0 Å². The Morgan fingerprint density at radius 1 is 1.19 bits per heavy atom. The van der Waals surface area contributed by atoms with Gasteiger partial charge in [-0.25, -0.2) is 22.7 Å². The van der Waals surface area contributed by atoms with E-state index in [4.69, 9.17) is 14.6 Å². The number of ether oxygens (including phenoxy) is 2. The average molecular weight is 396 g/mol. The van der Waals surface area contributed by atoms with E-state index in [9.17, 15) is 22.4 Å². The van der Waals surface area contributed by atoms with Crippen LogP contribution in [0.4, 0.5) is 10.1 Å². The number of carbonyl (C=O) groups excluding carboxylic acids is 2. The van der Waals surface area contributed by atoms with Crippen LogP contribution >= 0.6 is 0 Å². The molecule has 10 heteroatoms. The summed E-state index contributed by atoms with van der Waals surface area (Å²) in [5.41, 5.74) is 0.298. The number of sulfonamides is 1. The molecule has 0 aliphatic carbocycles. The Morgan fingerprint density at radius 2 is 1.85 bits per heavy atom. The van der Waals surface area contributed by atoms with Crippen molar-refractivity contribution in [2.24, 2.45) is 5.14 Å². The van der Waals surface area contributed by atoms with Gasteiger partial charge in [-0.3, -0.25) is 4.79 Å². The Labute approximate surface area is 155 Å². The number of primary sulfonamides is 1. The third-order valence-electron chi connectivity index (χ3n) is 3.28. The molecule has 0 aromatic heterocycles. The van der Waals surface area contributed by atoms with Crippen molar-refractivity contribution in [3.05, 3.63) is 54.3 Å². The van der Waals surface area contributed by atoms with Crippen LogP contribution < -0.4 is 15.2 Å². The van der Waals surface area contributed by atoms with Gasteiger partial charge < -0.3 is 14.8 Å². The molecular formula is C17H17FN2O6S. The van der Waals surface area contributed by atoms with Crippen molar-refractivity contribution in [3.8, 4) is 5.75 Å². The second-order valence-corrected chi connectivity index (χ2v) is 7.00. The molecule has 0 radical (unpaired) electrons. The minimum absolute atomic E-state index is 0.102. The predicted molar refractivity (Wildman–Crippen MR) is 93.9 cm³/mol. The van der Waals surface area contributed by atoms with Crippen LogP contribution in [-0.2, 0) is 24.3 Å². The fourth-order valence-electron chi connectivity index (χ4n) is 1.96. The number of nitrogens with two attached hydrogens (primary N) is 1. The first-order chi connectivity index (χ1) is 12.6. The van der Waals surface area contributed by atoms with Crippen LogP contribution in [0, 0.1) is 5.82 Å². The maximum Gasteiger partial charge on any atom is 0.344 e. The van der Waals surface area contributed by atoms with Crippen molar-refractivity contribution in [2.75, 3.05) is 11.9 Å². The van der Waals surface area contributed by atoms with Gasteiger partial charge in [0.2, 0.25) is 10.0 Å². The summed E-state index contributed by atoms with van der Waals surface area (Å²) in [5.74, 6) is -1.80. The first-order valence-electron chi connectivity index (χ1n) is 7.67. The van der Waals surface area contributed by atoms with E-state index in [0.29, 0.717) is 5.69 Å². The molecule has 0 saturated carbocycles. The Kier molecular flexibility index (Phi) is 6.48. The van der Waals surface area contributed by atoms with E-state index in [-0.39, 0.29) is 10.6 Å². The molecule has 0 fully saturated rings. The van der Waals surface area contributed by atoms with Gasteiger partial charge in [-0.15, -0.1) is 0 Å². The van der Waals surface area contributed by atoms with Crippen molar-refractivity contribution >= 4 is 27.6 Å². The highest BCUT2D eigenvalue weighted by Gasteiger charge is 2.18. The SMILES string of the molecule is C[C@@H](OC(=O)COc1cccc(F)c1)C(=O)Nc1ccc(S(N)(=O)=O)cc1. The molecule has 144 valence electrons. The van der Waals surface area contributed by atoms with Gasteiger partial charge in [0.1, 0.15) is 11.6 Å². The Balaban J connectivity index is 1.84. The fourth-order valence-corrected chi connectivity index (χ4v) is 2.47. The van der Waals surface area contributed by atoms with Gasteiger partial charge in [0, 0.05) is 11.8 Å². The highest BCUT2D eigenvalue weighted by atomic mass is 32.2. The Morgan fingerprint density at radius 3 is 2.44 bits per heavy atom. The molecule has 0 heterocycles. The lowest BCUT2D eigenvalue weighted by atomic mass is 10.3.